The smallest absolute Gasteiger partial charge is 0.331 e. The maximum atomic E-state index is 13.6. The van der Waals surface area contributed by atoms with E-state index in [9.17, 15) is 28.5 Å². The molecule has 0 bridgehead atoms. The Morgan fingerprint density at radius 3 is 2.24 bits per heavy atom. The number of likely N-dealkylation sites (N-methyl/N-ethyl adjacent to an activating group) is 1. The largest absolute Gasteiger partial charge is 0.462 e. The average Bonchev–Trinajstić information content (AvgIpc) is 3.19. The molecule has 17 heteroatoms. The van der Waals surface area contributed by atoms with Crippen LogP contribution in [0.3, 0.4) is 0 Å². The Balaban J connectivity index is 1.90. The van der Waals surface area contributed by atoms with E-state index in [2.05, 4.69) is 10.3 Å². The minimum Gasteiger partial charge on any atom is -0.462 e. The first-order chi connectivity index (χ1) is 23.8. The maximum absolute atomic E-state index is 13.6. The summed E-state index contributed by atoms with van der Waals surface area (Å²) in [6.07, 6.45) is 1.38. The molecule has 0 radical (unpaired) electrons. The number of rotatable bonds is 19. The van der Waals surface area contributed by atoms with Crippen molar-refractivity contribution in [3.63, 3.8) is 0 Å². The van der Waals surface area contributed by atoms with E-state index >= 15 is 0 Å². The second kappa shape index (κ2) is 20.2. The molecule has 2 fully saturated rings. The second-order valence-electron chi connectivity index (χ2n) is 13.1. The van der Waals surface area contributed by atoms with E-state index in [4.69, 9.17) is 28.0 Å². The van der Waals surface area contributed by atoms with E-state index in [0.29, 0.717) is 13.1 Å². The van der Waals surface area contributed by atoms with Crippen LogP contribution in [0.25, 0.3) is 0 Å². The Bertz CT molecular complexity index is 1410. The zero-order valence-electron chi connectivity index (χ0n) is 30.2. The number of carbonyl (C=O) groups is 3. The lowest BCUT2D eigenvalue weighted by Gasteiger charge is -2.28. The highest BCUT2D eigenvalue weighted by atomic mass is 31.2. The van der Waals surface area contributed by atoms with E-state index in [1.54, 1.807) is 20.8 Å². The van der Waals surface area contributed by atoms with Crippen LogP contribution in [0, 0.1) is 12.8 Å². The molecule has 1 aliphatic heterocycles. The van der Waals surface area contributed by atoms with Gasteiger partial charge in [0.25, 0.3) is 5.56 Å². The highest BCUT2D eigenvalue weighted by Crippen LogP contribution is 2.51. The van der Waals surface area contributed by atoms with Crippen molar-refractivity contribution in [1.29, 1.82) is 0 Å². The van der Waals surface area contributed by atoms with Crippen LogP contribution in [-0.2, 0) is 46.9 Å². The Labute approximate surface area is 293 Å². The molecule has 1 aromatic heterocycles. The molecule has 16 nitrogen and oxygen atoms in total. The Kier molecular flexibility index (Phi) is 16.8. The van der Waals surface area contributed by atoms with Gasteiger partial charge in [0.1, 0.15) is 24.9 Å². The van der Waals surface area contributed by atoms with Gasteiger partial charge in [-0.15, -0.1) is 0 Å². The summed E-state index contributed by atoms with van der Waals surface area (Å²) in [6, 6.07) is 0. The Morgan fingerprint density at radius 2 is 1.64 bits per heavy atom. The van der Waals surface area contributed by atoms with Crippen LogP contribution < -0.4 is 16.6 Å². The summed E-state index contributed by atoms with van der Waals surface area (Å²) in [5.74, 6) is -2.40. The fourth-order valence-electron chi connectivity index (χ4n) is 6.09. The zero-order chi connectivity index (χ0) is 36.8. The third-order valence-electron chi connectivity index (χ3n) is 8.56. The molecule has 1 aliphatic carbocycles. The molecule has 0 unspecified atom stereocenters. The van der Waals surface area contributed by atoms with Crippen molar-refractivity contribution in [1.82, 2.24) is 19.8 Å². The van der Waals surface area contributed by atoms with Crippen LogP contribution in [0.5, 0.6) is 0 Å². The van der Waals surface area contributed by atoms with Crippen molar-refractivity contribution in [3.8, 4) is 0 Å². The summed E-state index contributed by atoms with van der Waals surface area (Å²) in [4.78, 5) is 68.2. The molecular formula is C33H55N4O12P. The summed E-state index contributed by atoms with van der Waals surface area (Å²) >= 11 is 0. The van der Waals surface area contributed by atoms with Crippen molar-refractivity contribution >= 4 is 25.4 Å². The van der Waals surface area contributed by atoms with Gasteiger partial charge in [0.2, 0.25) is 5.91 Å². The van der Waals surface area contributed by atoms with Gasteiger partial charge in [-0.2, -0.15) is 0 Å². The summed E-state index contributed by atoms with van der Waals surface area (Å²) in [5.41, 5.74) is -1.22. The number of hydrogen-bond acceptors (Lipinski definition) is 13. The molecule has 1 aromatic rings. The highest BCUT2D eigenvalue weighted by molar-refractivity contribution is 7.53. The predicted octanol–water partition coefficient (Wildman–Crippen LogP) is 2.67. The lowest BCUT2D eigenvalue weighted by Crippen LogP contribution is -2.44. The Morgan fingerprint density at radius 1 is 1.02 bits per heavy atom. The quantitative estimate of drug-likeness (QED) is 0.120. The normalized spacial score (nSPS) is 22.2. The summed E-state index contributed by atoms with van der Waals surface area (Å²) in [7, 11) is 0.0933. The minimum atomic E-state index is -3.63. The summed E-state index contributed by atoms with van der Waals surface area (Å²) in [6.45, 7) is 7.26. The van der Waals surface area contributed by atoms with E-state index < -0.39 is 73.8 Å². The molecule has 0 aromatic carbocycles. The molecule has 5 atom stereocenters. The van der Waals surface area contributed by atoms with Crippen LogP contribution in [0.1, 0.15) is 83.9 Å². The zero-order valence-corrected chi connectivity index (χ0v) is 31.1. The van der Waals surface area contributed by atoms with Crippen molar-refractivity contribution in [2.75, 3.05) is 53.2 Å². The van der Waals surface area contributed by atoms with E-state index in [1.165, 1.54) is 13.1 Å². The lowest BCUT2D eigenvalue weighted by atomic mass is 9.99. The molecule has 2 N–H and O–H groups in total. The van der Waals surface area contributed by atoms with Gasteiger partial charge in [-0.05, 0) is 66.5 Å². The van der Waals surface area contributed by atoms with Crippen LogP contribution in [0.2, 0.25) is 0 Å². The van der Waals surface area contributed by atoms with Gasteiger partial charge < -0.3 is 38.2 Å². The number of nitrogens with one attached hydrogen (secondary N) is 2. The first-order valence-corrected chi connectivity index (χ1v) is 19.3. The van der Waals surface area contributed by atoms with E-state index in [0.717, 1.165) is 43.1 Å². The van der Waals surface area contributed by atoms with Crippen molar-refractivity contribution in [2.24, 2.45) is 5.92 Å². The molecular weight excluding hydrogens is 675 g/mol. The standard InChI is InChI=1S/C33H55N4O12P/c1-7-45-50(43,46-8-2)21-23(4)28-29(48-27(40)16-15-26(39)47-24-13-11-9-10-12-14-24)30(44-20-25(38)34-17-18-36(5)6)32(49-28)37-19-22(3)31(41)35-33(37)42/h19,23-24,28-30,32H,7-18,20-21H2,1-6H3,(H,34,38)(H,35,41,42)/t23-,28+,29+,30+,32+/m0/s1. The number of nitrogens with zero attached hydrogens (tertiary/aromatic N) is 2. The lowest BCUT2D eigenvalue weighted by molar-refractivity contribution is -0.163. The monoisotopic (exact) mass is 730 g/mol. The number of aryl methyl sites for hydroxylation is 1. The highest BCUT2D eigenvalue weighted by Gasteiger charge is 2.52. The summed E-state index contributed by atoms with van der Waals surface area (Å²) < 4.78 is 49.7. The van der Waals surface area contributed by atoms with E-state index in [1.807, 2.05) is 19.0 Å². The van der Waals surface area contributed by atoms with Gasteiger partial charge in [-0.25, -0.2) is 4.79 Å². The number of esters is 2. The topological polar surface area (TPSA) is 194 Å². The van der Waals surface area contributed by atoms with Crippen LogP contribution in [-0.4, -0.2) is 110 Å². The Hall–Kier alpha value is -2.88. The van der Waals surface area contributed by atoms with Gasteiger partial charge in [-0.1, -0.05) is 19.8 Å². The SMILES string of the molecule is CCOP(=O)(C[C@H](C)[C@H]1O[C@@H](n2cc(C)c(=O)[nH]c2=O)[C@H](OCC(=O)NCCN(C)C)[C@@H]1OC(=O)CCC(=O)OC1CCCCCC1)OCC. The first kappa shape index (κ1) is 41.5. The molecule has 1 amide bonds. The third-order valence-corrected chi connectivity index (χ3v) is 10.9. The first-order valence-electron chi connectivity index (χ1n) is 17.5. The maximum Gasteiger partial charge on any atom is 0.331 e. The number of aromatic nitrogens is 2. The number of ether oxygens (including phenoxy) is 4. The third kappa shape index (κ3) is 12.7. The summed E-state index contributed by atoms with van der Waals surface area (Å²) in [5, 5.41) is 2.75. The van der Waals surface area contributed by atoms with Crippen LogP contribution in [0.15, 0.2) is 15.8 Å². The molecule has 50 heavy (non-hydrogen) atoms. The molecule has 2 aliphatic rings. The van der Waals surface area contributed by atoms with E-state index in [-0.39, 0.29) is 43.9 Å². The number of hydrogen-bond donors (Lipinski definition) is 2. The van der Waals surface area contributed by atoms with Crippen molar-refractivity contribution in [3.05, 3.63) is 32.6 Å². The van der Waals surface area contributed by atoms with Gasteiger partial charge in [0, 0.05) is 24.8 Å². The van der Waals surface area contributed by atoms with Crippen molar-refractivity contribution in [2.45, 2.75) is 110 Å². The number of amides is 1. The minimum absolute atomic E-state index is 0.119. The van der Waals surface area contributed by atoms with Gasteiger partial charge >= 0.3 is 25.2 Å². The average molecular weight is 731 g/mol. The fraction of sp³-hybridized carbons (Fsp3) is 0.788. The second-order valence-corrected chi connectivity index (χ2v) is 15.2. The number of aromatic amines is 1. The van der Waals surface area contributed by atoms with Crippen molar-refractivity contribution < 1.29 is 46.9 Å². The number of carbonyl (C=O) groups excluding carboxylic acids is 3. The van der Waals surface area contributed by atoms with Gasteiger partial charge in [-0.3, -0.25) is 33.3 Å². The van der Waals surface area contributed by atoms with Crippen LogP contribution in [0.4, 0.5) is 0 Å². The van der Waals surface area contributed by atoms with Gasteiger partial charge in [0.15, 0.2) is 12.3 Å². The predicted molar refractivity (Wildman–Crippen MR) is 183 cm³/mol. The molecule has 2 heterocycles. The molecule has 3 rings (SSSR count). The van der Waals surface area contributed by atoms with Gasteiger partial charge in [0.05, 0.1) is 32.2 Å². The molecule has 0 spiro atoms. The fourth-order valence-corrected chi connectivity index (χ4v) is 8.07. The molecule has 1 saturated carbocycles. The number of H-pyrrole nitrogens is 1. The molecule has 1 saturated heterocycles. The van der Waals surface area contributed by atoms with Crippen LogP contribution >= 0.6 is 7.60 Å². The molecule has 284 valence electrons.